The number of anilines is 2. The van der Waals surface area contributed by atoms with Gasteiger partial charge in [0.2, 0.25) is 11.8 Å². The molecule has 10 nitrogen and oxygen atoms in total. The standard InChI is InChI=1S/C22H22ClN3O2S.C18H14BrClN2OS.C4H9NO/c23-19-9-5-4-8-17(19)14-18-15-24-22(29-18)25-21(27)20(16-6-2-1-3-7-16)26-10-12-28-13-11-26;19-16(12-6-2-1-3-7-12)17(23)22-18-21-11-14(24-18)10-13-8-4-5-9-15(13)20;1-3-6-4-2-5-1/h1-9,15,20H,10-14H2,(H,24,25,27);1-9,11,16H,10H2,(H,21,22,23);5H,1-4H2. The highest BCUT2D eigenvalue weighted by Crippen LogP contribution is 2.30. The van der Waals surface area contributed by atoms with Crippen LogP contribution in [0.15, 0.2) is 122 Å². The highest BCUT2D eigenvalue weighted by molar-refractivity contribution is 9.09. The Morgan fingerprint density at radius 3 is 1.59 bits per heavy atom. The Hall–Kier alpha value is -4.02. The molecule has 2 amide bonds. The second kappa shape index (κ2) is 23.7. The van der Waals surface area contributed by atoms with Crippen molar-refractivity contribution < 1.29 is 19.1 Å². The summed E-state index contributed by atoms with van der Waals surface area (Å²) in [6.07, 6.45) is 4.97. The summed E-state index contributed by atoms with van der Waals surface area (Å²) in [6, 6.07) is 34.5. The molecular weight excluding hydrogens is 891 g/mol. The molecule has 2 fully saturated rings. The van der Waals surface area contributed by atoms with E-state index in [-0.39, 0.29) is 17.9 Å². The third-order valence-electron chi connectivity index (χ3n) is 9.16. The minimum absolute atomic E-state index is 0.0725. The summed E-state index contributed by atoms with van der Waals surface area (Å²) in [5.74, 6) is -0.211. The Balaban J connectivity index is 0.000000176. The summed E-state index contributed by atoms with van der Waals surface area (Å²) in [4.78, 5) is 38.0. The molecular formula is C44H45BrCl2N6O4S2. The smallest absolute Gasteiger partial charge is 0.248 e. The second-order valence-electron chi connectivity index (χ2n) is 13.4. The van der Waals surface area contributed by atoms with Crippen molar-refractivity contribution in [2.45, 2.75) is 23.7 Å². The molecule has 0 aliphatic carbocycles. The van der Waals surface area contributed by atoms with Crippen molar-refractivity contribution in [3.63, 3.8) is 0 Å². The van der Waals surface area contributed by atoms with E-state index in [1.54, 1.807) is 12.4 Å². The second-order valence-corrected chi connectivity index (χ2v) is 17.3. The SMILES string of the molecule is C1COCCN1.O=C(Nc1ncc(Cc2ccccc2Cl)s1)C(Br)c1ccccc1.O=C(Nc1ncc(Cc2ccccc2Cl)s1)C(c1ccccc1)N1CCOCC1. The van der Waals surface area contributed by atoms with Crippen molar-refractivity contribution in [1.82, 2.24) is 20.2 Å². The number of alkyl halides is 1. The van der Waals surface area contributed by atoms with Gasteiger partial charge in [-0.15, -0.1) is 22.7 Å². The van der Waals surface area contributed by atoms with Crippen molar-refractivity contribution in [2.75, 3.05) is 63.2 Å². The number of carbonyl (C=O) groups is 2. The molecule has 0 bridgehead atoms. The maximum atomic E-state index is 13.2. The molecule has 6 aromatic rings. The van der Waals surface area contributed by atoms with Crippen molar-refractivity contribution in [3.8, 4) is 0 Å². The molecule has 0 radical (unpaired) electrons. The Morgan fingerprint density at radius 1 is 0.661 bits per heavy atom. The number of carbonyl (C=O) groups excluding carboxylic acids is 2. The zero-order valence-electron chi connectivity index (χ0n) is 32.2. The van der Waals surface area contributed by atoms with Gasteiger partial charge in [0.25, 0.3) is 0 Å². The number of nitrogens with zero attached hydrogens (tertiary/aromatic N) is 3. The average Bonchev–Trinajstić information content (AvgIpc) is 3.92. The lowest BCUT2D eigenvalue weighted by molar-refractivity contribution is -0.123. The molecule has 15 heteroatoms. The van der Waals surface area contributed by atoms with Gasteiger partial charge in [0.15, 0.2) is 10.3 Å². The van der Waals surface area contributed by atoms with Gasteiger partial charge in [0, 0.05) is 71.2 Å². The van der Waals surface area contributed by atoms with Crippen LogP contribution in [0.2, 0.25) is 10.0 Å². The maximum Gasteiger partial charge on any atom is 0.248 e. The molecule has 2 atom stereocenters. The van der Waals surface area contributed by atoms with Gasteiger partial charge in [-0.3, -0.25) is 14.5 Å². The lowest BCUT2D eigenvalue weighted by atomic mass is 10.0. The summed E-state index contributed by atoms with van der Waals surface area (Å²) >= 11 is 18.8. The fourth-order valence-corrected chi connectivity index (χ4v) is 8.69. The number of hydrogen-bond acceptors (Lipinski definition) is 10. The van der Waals surface area contributed by atoms with Crippen LogP contribution in [0, 0.1) is 0 Å². The number of amides is 2. The van der Waals surface area contributed by atoms with Gasteiger partial charge in [-0.1, -0.05) is 136 Å². The van der Waals surface area contributed by atoms with E-state index in [1.165, 1.54) is 22.7 Å². The number of thiazole rings is 2. The zero-order valence-corrected chi connectivity index (χ0v) is 36.9. The topological polar surface area (TPSA) is 118 Å². The summed E-state index contributed by atoms with van der Waals surface area (Å²) < 4.78 is 10.5. The van der Waals surface area contributed by atoms with Crippen LogP contribution in [-0.4, -0.2) is 79.3 Å². The predicted molar refractivity (Wildman–Crippen MR) is 243 cm³/mol. The first-order chi connectivity index (χ1) is 28.8. The normalized spacial score (nSPS) is 15.0. The van der Waals surface area contributed by atoms with E-state index in [0.717, 1.165) is 81.4 Å². The van der Waals surface area contributed by atoms with E-state index in [1.807, 2.05) is 109 Å². The Bertz CT molecular complexity index is 2190. The highest BCUT2D eigenvalue weighted by Gasteiger charge is 2.29. The largest absolute Gasteiger partial charge is 0.379 e. The van der Waals surface area contributed by atoms with Gasteiger partial charge >= 0.3 is 0 Å². The lowest BCUT2D eigenvalue weighted by Gasteiger charge is -2.33. The van der Waals surface area contributed by atoms with Crippen molar-refractivity contribution in [2.24, 2.45) is 0 Å². The molecule has 2 saturated heterocycles. The monoisotopic (exact) mass is 934 g/mol. The molecule has 3 N–H and O–H groups in total. The van der Waals surface area contributed by atoms with Crippen molar-refractivity contribution >= 4 is 83.9 Å². The average molecular weight is 937 g/mol. The fourth-order valence-electron chi connectivity index (χ4n) is 6.18. The number of aromatic nitrogens is 2. The Labute approximate surface area is 371 Å². The molecule has 4 aromatic carbocycles. The van der Waals surface area contributed by atoms with Crippen molar-refractivity contribution in [3.05, 3.63) is 164 Å². The van der Waals surface area contributed by atoms with Crippen molar-refractivity contribution in [1.29, 1.82) is 0 Å². The van der Waals surface area contributed by atoms with E-state index < -0.39 is 4.83 Å². The van der Waals surface area contributed by atoms with Gasteiger partial charge < -0.3 is 25.4 Å². The van der Waals surface area contributed by atoms with Gasteiger partial charge in [0.05, 0.1) is 26.4 Å². The number of nitrogens with one attached hydrogen (secondary N) is 3. The van der Waals surface area contributed by atoms with E-state index in [0.29, 0.717) is 36.3 Å². The molecule has 0 spiro atoms. The number of rotatable bonds is 11. The minimum atomic E-state index is -0.408. The van der Waals surface area contributed by atoms with E-state index >= 15 is 0 Å². The van der Waals surface area contributed by atoms with E-state index in [4.69, 9.17) is 32.7 Å². The molecule has 308 valence electrons. The lowest BCUT2D eigenvalue weighted by Crippen LogP contribution is -2.43. The summed E-state index contributed by atoms with van der Waals surface area (Å²) in [6.45, 7) is 6.55. The molecule has 0 saturated carbocycles. The van der Waals surface area contributed by atoms with Gasteiger partial charge in [-0.25, -0.2) is 9.97 Å². The third-order valence-corrected chi connectivity index (χ3v) is 12.7. The first-order valence-corrected chi connectivity index (χ1v) is 22.5. The van der Waals surface area contributed by atoms with E-state index in [2.05, 4.69) is 46.7 Å². The molecule has 2 aliphatic heterocycles. The Morgan fingerprint density at radius 2 is 1.12 bits per heavy atom. The van der Waals surface area contributed by atoms with Crippen LogP contribution in [0.3, 0.4) is 0 Å². The number of morpholine rings is 2. The predicted octanol–water partition coefficient (Wildman–Crippen LogP) is 9.47. The van der Waals surface area contributed by atoms with Crippen LogP contribution >= 0.6 is 61.8 Å². The summed E-state index contributed by atoms with van der Waals surface area (Å²) in [5, 5.41) is 11.7. The van der Waals surface area contributed by atoms with Crippen LogP contribution in [0.1, 0.15) is 42.9 Å². The van der Waals surface area contributed by atoms with Crippen LogP contribution in [0.4, 0.5) is 10.3 Å². The first kappa shape index (κ1) is 44.5. The minimum Gasteiger partial charge on any atom is -0.379 e. The van der Waals surface area contributed by atoms with E-state index in [9.17, 15) is 9.59 Å². The summed E-state index contributed by atoms with van der Waals surface area (Å²) in [5.41, 5.74) is 3.97. The number of ether oxygens (including phenoxy) is 2. The first-order valence-electron chi connectivity index (χ1n) is 19.2. The number of halogens is 3. The van der Waals surface area contributed by atoms with Gasteiger partial charge in [0.1, 0.15) is 10.9 Å². The van der Waals surface area contributed by atoms with Gasteiger partial charge in [-0.2, -0.15) is 0 Å². The quantitative estimate of drug-likeness (QED) is 0.110. The molecule has 2 aromatic heterocycles. The molecule has 2 unspecified atom stereocenters. The van der Waals surface area contributed by atoms with Crippen LogP contribution in [0.5, 0.6) is 0 Å². The molecule has 2 aliphatic rings. The fraction of sp³-hybridized carbons (Fsp3) is 0.273. The third kappa shape index (κ3) is 14.0. The van der Waals surface area contributed by atoms with Crippen LogP contribution in [0.25, 0.3) is 0 Å². The number of hydrogen-bond donors (Lipinski definition) is 3. The Kier molecular flexibility index (Phi) is 17.9. The maximum absolute atomic E-state index is 13.2. The van der Waals surface area contributed by atoms with Gasteiger partial charge in [-0.05, 0) is 34.4 Å². The van der Waals surface area contributed by atoms with Crippen LogP contribution in [-0.2, 0) is 31.9 Å². The molecule has 59 heavy (non-hydrogen) atoms. The highest BCUT2D eigenvalue weighted by atomic mass is 79.9. The number of benzene rings is 4. The molecule has 8 rings (SSSR count). The molecule has 4 heterocycles. The zero-order chi connectivity index (χ0) is 41.2. The van der Waals surface area contributed by atoms with Crippen LogP contribution < -0.4 is 16.0 Å². The summed E-state index contributed by atoms with van der Waals surface area (Å²) in [7, 11) is 0.